The van der Waals surface area contributed by atoms with Crippen LogP contribution >= 0.6 is 0 Å². The van der Waals surface area contributed by atoms with Gasteiger partial charge >= 0.3 is 11.9 Å². The highest BCUT2D eigenvalue weighted by Gasteiger charge is 2.21. The third-order valence-corrected chi connectivity index (χ3v) is 2.67. The minimum absolute atomic E-state index is 0.134. The zero-order chi connectivity index (χ0) is 16.5. The summed E-state index contributed by atoms with van der Waals surface area (Å²) in [6.07, 6.45) is 1.19. The van der Waals surface area contributed by atoms with Crippen LogP contribution in [0.4, 0.5) is 5.69 Å². The number of benzene rings is 1. The summed E-state index contributed by atoms with van der Waals surface area (Å²) < 4.78 is 9.65. The van der Waals surface area contributed by atoms with Crippen LogP contribution in [0.2, 0.25) is 0 Å². The molecule has 0 radical (unpaired) electrons. The van der Waals surface area contributed by atoms with E-state index < -0.39 is 11.9 Å². The van der Waals surface area contributed by atoms with E-state index in [0.717, 1.165) is 0 Å². The number of rotatable bonds is 7. The van der Waals surface area contributed by atoms with E-state index in [2.05, 4.69) is 5.32 Å². The lowest BCUT2D eigenvalue weighted by molar-refractivity contribution is -0.146. The van der Waals surface area contributed by atoms with Crippen molar-refractivity contribution in [3.05, 3.63) is 41.6 Å². The van der Waals surface area contributed by atoms with Gasteiger partial charge in [0.25, 0.3) is 0 Å². The lowest BCUT2D eigenvalue weighted by Gasteiger charge is -2.09. The summed E-state index contributed by atoms with van der Waals surface area (Å²) in [7, 11) is 0. The highest BCUT2D eigenvalue weighted by Crippen LogP contribution is 2.16. The quantitative estimate of drug-likeness (QED) is 0.274. The van der Waals surface area contributed by atoms with Crippen LogP contribution in [0.1, 0.15) is 31.1 Å². The first-order valence-corrected chi connectivity index (χ1v) is 6.92. The smallest absolute Gasteiger partial charge is 0.347 e. The fourth-order valence-electron chi connectivity index (χ4n) is 1.68. The van der Waals surface area contributed by atoms with Gasteiger partial charge in [-0.05, 0) is 32.9 Å². The molecule has 6 nitrogen and oxygen atoms in total. The zero-order valence-electron chi connectivity index (χ0n) is 12.8. The summed E-state index contributed by atoms with van der Waals surface area (Å²) in [4.78, 5) is 35.1. The van der Waals surface area contributed by atoms with Gasteiger partial charge < -0.3 is 14.8 Å². The van der Waals surface area contributed by atoms with Gasteiger partial charge in [0.1, 0.15) is 0 Å². The summed E-state index contributed by atoms with van der Waals surface area (Å²) in [6, 6.07) is 6.77. The normalized spacial score (nSPS) is 9.59. The number of nitrogens with one attached hydrogen (secondary N) is 1. The van der Waals surface area contributed by atoms with Crippen LogP contribution in [0, 0.1) is 0 Å². The largest absolute Gasteiger partial charge is 0.462 e. The van der Waals surface area contributed by atoms with Crippen LogP contribution in [0.15, 0.2) is 36.0 Å². The molecule has 0 atom stereocenters. The summed E-state index contributed by atoms with van der Waals surface area (Å²) >= 11 is 0. The van der Waals surface area contributed by atoms with Gasteiger partial charge in [-0.2, -0.15) is 0 Å². The monoisotopic (exact) mass is 305 g/mol. The maximum Gasteiger partial charge on any atom is 0.347 e. The van der Waals surface area contributed by atoms with Gasteiger partial charge in [0.15, 0.2) is 11.4 Å². The Bertz CT molecular complexity index is 572. The van der Waals surface area contributed by atoms with Gasteiger partial charge in [-0.25, -0.2) is 9.59 Å². The molecule has 1 rings (SSSR count). The average molecular weight is 305 g/mol. The van der Waals surface area contributed by atoms with Crippen molar-refractivity contribution in [2.45, 2.75) is 20.8 Å². The average Bonchev–Trinajstić information content (AvgIpc) is 2.48. The van der Waals surface area contributed by atoms with Gasteiger partial charge in [0.2, 0.25) is 0 Å². The van der Waals surface area contributed by atoms with Crippen molar-refractivity contribution in [2.24, 2.45) is 0 Å². The summed E-state index contributed by atoms with van der Waals surface area (Å²) in [5.41, 5.74) is 0.675. The number of ketones is 1. The van der Waals surface area contributed by atoms with E-state index in [1.165, 1.54) is 13.1 Å². The highest BCUT2D eigenvalue weighted by atomic mass is 16.6. The van der Waals surface area contributed by atoms with Gasteiger partial charge in [-0.1, -0.05) is 12.1 Å². The molecular weight excluding hydrogens is 286 g/mol. The topological polar surface area (TPSA) is 81.7 Å². The van der Waals surface area contributed by atoms with E-state index in [4.69, 9.17) is 9.47 Å². The first kappa shape index (κ1) is 17.4. The van der Waals surface area contributed by atoms with Gasteiger partial charge in [0, 0.05) is 17.5 Å². The summed E-state index contributed by atoms with van der Waals surface area (Å²) in [5, 5.41) is 2.79. The lowest BCUT2D eigenvalue weighted by atomic mass is 10.1. The molecule has 0 amide bonds. The minimum Gasteiger partial charge on any atom is -0.462 e. The second-order valence-electron chi connectivity index (χ2n) is 4.25. The first-order valence-electron chi connectivity index (χ1n) is 6.92. The Balaban J connectivity index is 3.05. The van der Waals surface area contributed by atoms with Crippen molar-refractivity contribution in [2.75, 3.05) is 18.5 Å². The molecule has 1 aromatic carbocycles. The molecule has 0 aromatic heterocycles. The molecule has 0 saturated heterocycles. The lowest BCUT2D eigenvalue weighted by Crippen LogP contribution is -2.19. The van der Waals surface area contributed by atoms with E-state index in [0.29, 0.717) is 11.3 Å². The van der Waals surface area contributed by atoms with Gasteiger partial charge in [-0.15, -0.1) is 0 Å². The molecule has 0 aliphatic heterocycles. The van der Waals surface area contributed by atoms with Crippen molar-refractivity contribution in [1.82, 2.24) is 0 Å². The highest BCUT2D eigenvalue weighted by molar-refractivity contribution is 6.14. The number of anilines is 1. The maximum atomic E-state index is 11.8. The van der Waals surface area contributed by atoms with E-state index >= 15 is 0 Å². The van der Waals surface area contributed by atoms with Crippen LogP contribution in [-0.2, 0) is 19.1 Å². The fraction of sp³-hybridized carbons (Fsp3) is 0.312. The Labute approximate surface area is 129 Å². The van der Waals surface area contributed by atoms with E-state index in [-0.39, 0.29) is 24.6 Å². The molecule has 0 spiro atoms. The molecule has 0 unspecified atom stereocenters. The van der Waals surface area contributed by atoms with Crippen molar-refractivity contribution in [1.29, 1.82) is 0 Å². The second-order valence-corrected chi connectivity index (χ2v) is 4.25. The molecule has 1 aromatic rings. The molecular formula is C16H19NO5. The standard InChI is InChI=1S/C16H19NO5/c1-4-21-15(19)13(16(20)22-5-2)10-17-14-9-7-6-8-12(14)11(3)18/h6-10,17H,4-5H2,1-3H3. The Kier molecular flexibility index (Phi) is 6.82. The summed E-state index contributed by atoms with van der Waals surface area (Å²) in [6.45, 7) is 4.99. The van der Waals surface area contributed by atoms with Gasteiger partial charge in [-0.3, -0.25) is 4.79 Å². The minimum atomic E-state index is -0.784. The van der Waals surface area contributed by atoms with Crippen LogP contribution in [0.3, 0.4) is 0 Å². The number of ether oxygens (including phenoxy) is 2. The number of Topliss-reactive ketones (excluding diaryl/α,β-unsaturated/α-hetero) is 1. The van der Waals surface area contributed by atoms with Crippen molar-refractivity contribution >= 4 is 23.4 Å². The molecule has 0 aliphatic rings. The van der Waals surface area contributed by atoms with Crippen molar-refractivity contribution in [3.8, 4) is 0 Å². The SMILES string of the molecule is CCOC(=O)C(=CNc1ccccc1C(C)=O)C(=O)OCC. The molecule has 22 heavy (non-hydrogen) atoms. The number of esters is 2. The van der Waals surface area contributed by atoms with E-state index in [1.807, 2.05) is 0 Å². The first-order chi connectivity index (χ1) is 10.5. The summed E-state index contributed by atoms with van der Waals surface area (Å²) in [5.74, 6) is -1.70. The van der Waals surface area contributed by atoms with Crippen LogP contribution < -0.4 is 5.32 Å². The Morgan fingerprint density at radius 2 is 1.59 bits per heavy atom. The second kappa shape index (κ2) is 8.61. The third-order valence-electron chi connectivity index (χ3n) is 2.67. The number of hydrogen-bond donors (Lipinski definition) is 1. The maximum absolute atomic E-state index is 11.8. The molecule has 0 saturated carbocycles. The van der Waals surface area contributed by atoms with E-state index in [1.54, 1.807) is 38.1 Å². The van der Waals surface area contributed by atoms with E-state index in [9.17, 15) is 14.4 Å². The Morgan fingerprint density at radius 1 is 1.05 bits per heavy atom. The Morgan fingerprint density at radius 3 is 2.09 bits per heavy atom. The van der Waals surface area contributed by atoms with Crippen LogP contribution in [0.5, 0.6) is 0 Å². The molecule has 118 valence electrons. The number of carbonyl (C=O) groups is 3. The van der Waals surface area contributed by atoms with Crippen LogP contribution in [0.25, 0.3) is 0 Å². The predicted octanol–water partition coefficient (Wildman–Crippen LogP) is 2.31. The number of hydrogen-bond acceptors (Lipinski definition) is 6. The molecule has 1 N–H and O–H groups in total. The molecule has 0 heterocycles. The number of para-hydroxylation sites is 1. The zero-order valence-corrected chi connectivity index (χ0v) is 12.8. The molecule has 0 fully saturated rings. The van der Waals surface area contributed by atoms with Gasteiger partial charge in [0.05, 0.1) is 13.2 Å². The van der Waals surface area contributed by atoms with Crippen LogP contribution in [-0.4, -0.2) is 30.9 Å². The molecule has 0 aliphatic carbocycles. The Hall–Kier alpha value is -2.63. The fourth-order valence-corrected chi connectivity index (χ4v) is 1.68. The third kappa shape index (κ3) is 4.73. The number of carbonyl (C=O) groups excluding carboxylic acids is 3. The predicted molar refractivity (Wildman–Crippen MR) is 81.4 cm³/mol. The molecule has 0 bridgehead atoms. The van der Waals surface area contributed by atoms with Crippen molar-refractivity contribution < 1.29 is 23.9 Å². The molecule has 6 heteroatoms. The van der Waals surface area contributed by atoms with Crippen molar-refractivity contribution in [3.63, 3.8) is 0 Å².